The topological polar surface area (TPSA) is 113 Å². The second-order valence-electron chi connectivity index (χ2n) is 7.47. The van der Waals surface area contributed by atoms with E-state index in [2.05, 4.69) is 4.98 Å². The van der Waals surface area contributed by atoms with Crippen LogP contribution in [0.15, 0.2) is 62.2 Å². The van der Waals surface area contributed by atoms with E-state index in [-0.39, 0.29) is 40.7 Å². The molecule has 1 atom stereocenters. The number of benzene rings is 2. The zero-order valence-electron chi connectivity index (χ0n) is 17.7. The minimum Gasteiger partial charge on any atom is -0.462 e. The average Bonchev–Trinajstić information content (AvgIpc) is 3.34. The number of hydrogen-bond donors (Lipinski definition) is 1. The van der Waals surface area contributed by atoms with Crippen molar-refractivity contribution in [3.63, 3.8) is 0 Å². The molecule has 34 heavy (non-hydrogen) atoms. The van der Waals surface area contributed by atoms with Gasteiger partial charge in [0, 0.05) is 0 Å². The molecule has 8 nitrogen and oxygen atoms in total. The zero-order valence-corrected chi connectivity index (χ0v) is 17.7. The van der Waals surface area contributed by atoms with Crippen molar-refractivity contribution in [2.45, 2.75) is 12.8 Å². The Morgan fingerprint density at radius 3 is 2.41 bits per heavy atom. The van der Waals surface area contributed by atoms with Crippen molar-refractivity contribution in [1.29, 1.82) is 0 Å². The number of nitrogens with two attached hydrogens (primary N) is 1. The Bertz CT molecular complexity index is 1580. The van der Waals surface area contributed by atoms with Gasteiger partial charge in [-0.15, -0.1) is 0 Å². The van der Waals surface area contributed by atoms with Crippen molar-refractivity contribution in [1.82, 2.24) is 9.55 Å². The first-order valence-electron chi connectivity index (χ1n) is 10.3. The molecule has 5 rings (SSSR count). The van der Waals surface area contributed by atoms with E-state index in [9.17, 15) is 18.4 Å². The van der Waals surface area contributed by atoms with Gasteiger partial charge in [0.15, 0.2) is 0 Å². The van der Waals surface area contributed by atoms with Crippen LogP contribution in [0.2, 0.25) is 0 Å². The van der Waals surface area contributed by atoms with E-state index < -0.39 is 29.1 Å². The van der Waals surface area contributed by atoms with Crippen LogP contribution in [0.3, 0.4) is 0 Å². The molecule has 0 unspecified atom stereocenters. The van der Waals surface area contributed by atoms with Crippen molar-refractivity contribution >= 4 is 23.6 Å². The predicted octanol–water partition coefficient (Wildman–Crippen LogP) is 1.97. The molecule has 1 aliphatic heterocycles. The lowest BCUT2D eigenvalue weighted by molar-refractivity contribution is -0.136. The Hall–Kier alpha value is -4.47. The van der Waals surface area contributed by atoms with Gasteiger partial charge in [-0.2, -0.15) is 4.98 Å². The van der Waals surface area contributed by atoms with Gasteiger partial charge in [0.1, 0.15) is 28.3 Å². The summed E-state index contributed by atoms with van der Waals surface area (Å²) in [6.45, 7) is 1.70. The van der Waals surface area contributed by atoms with Crippen molar-refractivity contribution in [3.05, 3.63) is 98.3 Å². The molecular weight excluding hydrogens is 448 g/mol. The van der Waals surface area contributed by atoms with Crippen molar-refractivity contribution in [2.24, 2.45) is 0 Å². The zero-order chi connectivity index (χ0) is 24.0. The number of oxazole rings is 2. The summed E-state index contributed by atoms with van der Waals surface area (Å²) in [6.07, 6.45) is 1.46. The number of esters is 1. The molecule has 3 heterocycles. The third-order valence-corrected chi connectivity index (χ3v) is 5.36. The third-order valence-electron chi connectivity index (χ3n) is 5.36. The van der Waals surface area contributed by atoms with E-state index in [1.807, 2.05) is 0 Å². The summed E-state index contributed by atoms with van der Waals surface area (Å²) in [7, 11) is 0. The van der Waals surface area contributed by atoms with Crippen molar-refractivity contribution in [2.75, 3.05) is 12.3 Å². The molecule has 0 bridgehead atoms. The highest BCUT2D eigenvalue weighted by molar-refractivity contribution is 6.12. The number of nitrogens with zero attached hydrogens (tertiary/aromatic N) is 2. The van der Waals surface area contributed by atoms with E-state index in [1.54, 1.807) is 6.92 Å². The lowest BCUT2D eigenvalue weighted by atomic mass is 9.87. The number of halogens is 2. The number of hydrogen-bond acceptors (Lipinski definition) is 7. The van der Waals surface area contributed by atoms with Crippen LogP contribution in [0, 0.1) is 11.6 Å². The number of carbonyl (C=O) groups is 1. The van der Waals surface area contributed by atoms with Gasteiger partial charge in [0.2, 0.25) is 11.4 Å². The summed E-state index contributed by atoms with van der Waals surface area (Å²) in [4.78, 5) is 30.3. The fourth-order valence-corrected chi connectivity index (χ4v) is 3.95. The molecule has 0 radical (unpaired) electrons. The summed E-state index contributed by atoms with van der Waals surface area (Å²) in [6, 6.07) is 10.7. The molecule has 4 aromatic rings. The second kappa shape index (κ2) is 8.14. The Balaban J connectivity index is 1.88. The smallest absolute Gasteiger partial charge is 0.362 e. The molecule has 0 fully saturated rings. The van der Waals surface area contributed by atoms with Crippen molar-refractivity contribution in [3.8, 4) is 5.88 Å². The van der Waals surface area contributed by atoms with Crippen LogP contribution in [0.1, 0.15) is 29.7 Å². The molecule has 10 heteroatoms. The van der Waals surface area contributed by atoms with E-state index in [0.717, 1.165) is 0 Å². The quantitative estimate of drug-likeness (QED) is 0.459. The van der Waals surface area contributed by atoms with E-state index in [0.29, 0.717) is 11.1 Å². The van der Waals surface area contributed by atoms with Gasteiger partial charge in [0.05, 0.1) is 12.5 Å². The normalized spacial score (nSPS) is 15.2. The van der Waals surface area contributed by atoms with Gasteiger partial charge in [-0.3, -0.25) is 0 Å². The number of carbonyl (C=O) groups excluding carboxylic acids is 1. The molecule has 172 valence electrons. The van der Waals surface area contributed by atoms with Gasteiger partial charge >= 0.3 is 11.6 Å². The fraction of sp³-hybridized carbons (Fsp3) is 0.125. The van der Waals surface area contributed by atoms with E-state index in [4.69, 9.17) is 19.3 Å². The van der Waals surface area contributed by atoms with Gasteiger partial charge in [-0.25, -0.2) is 22.9 Å². The summed E-state index contributed by atoms with van der Waals surface area (Å²) in [5.41, 5.74) is 6.13. The highest BCUT2D eigenvalue weighted by Gasteiger charge is 2.39. The Morgan fingerprint density at radius 2 is 1.76 bits per heavy atom. The minimum absolute atomic E-state index is 0.00152. The molecule has 0 saturated carbocycles. The average molecular weight is 465 g/mol. The molecule has 2 N–H and O–H groups in total. The third kappa shape index (κ3) is 3.49. The lowest BCUT2D eigenvalue weighted by Gasteiger charge is -2.21. The van der Waals surface area contributed by atoms with Crippen LogP contribution in [0.5, 0.6) is 0 Å². The van der Waals surface area contributed by atoms with Gasteiger partial charge in [-0.1, -0.05) is 24.3 Å². The monoisotopic (exact) mass is 465 g/mol. The number of ether oxygens (including phenoxy) is 1. The number of nitrogen functional groups attached to an aromatic ring is 1. The number of rotatable bonds is 4. The maximum absolute atomic E-state index is 13.6. The number of fused-ring (bicyclic) bond motifs is 3. The van der Waals surface area contributed by atoms with E-state index in [1.165, 1.54) is 59.2 Å². The molecule has 2 aromatic heterocycles. The van der Waals surface area contributed by atoms with E-state index >= 15 is 0 Å². The van der Waals surface area contributed by atoms with Crippen LogP contribution in [0.25, 0.3) is 17.5 Å². The highest BCUT2D eigenvalue weighted by Crippen LogP contribution is 2.38. The van der Waals surface area contributed by atoms with Gasteiger partial charge in [-0.05, 0) is 48.4 Å². The lowest BCUT2D eigenvalue weighted by Crippen LogP contribution is -2.37. The predicted molar refractivity (Wildman–Crippen MR) is 116 cm³/mol. The van der Waals surface area contributed by atoms with Gasteiger partial charge < -0.3 is 19.3 Å². The first-order chi connectivity index (χ1) is 16.4. The summed E-state index contributed by atoms with van der Waals surface area (Å²) < 4.78 is 44.6. The molecule has 0 saturated heterocycles. The van der Waals surface area contributed by atoms with Gasteiger partial charge in [0.25, 0.3) is 6.01 Å². The van der Waals surface area contributed by atoms with Crippen LogP contribution >= 0.6 is 0 Å². The van der Waals surface area contributed by atoms with Crippen LogP contribution < -0.4 is 22.3 Å². The van der Waals surface area contributed by atoms with Crippen LogP contribution in [-0.2, 0) is 9.53 Å². The molecule has 2 aromatic carbocycles. The highest BCUT2D eigenvalue weighted by atomic mass is 19.1. The summed E-state index contributed by atoms with van der Waals surface area (Å²) in [5, 5.41) is -0.00152. The number of anilines is 1. The Labute approximate surface area is 190 Å². The van der Waals surface area contributed by atoms with Crippen molar-refractivity contribution < 1.29 is 27.1 Å². The minimum atomic E-state index is -0.903. The second-order valence-corrected chi connectivity index (χ2v) is 7.47. The van der Waals surface area contributed by atoms with Crippen LogP contribution in [-0.4, -0.2) is 22.1 Å². The SMILES string of the molecule is CCOC(=O)C1=c2oc(=O)/c(=C\c3ccc(F)cc3)n2-c2oc(N)nc2[C@@H]1c1ccc(F)cc1. The van der Waals surface area contributed by atoms with Crippen LogP contribution in [0.4, 0.5) is 14.8 Å². The fourth-order valence-electron chi connectivity index (χ4n) is 3.95. The molecule has 1 aliphatic rings. The molecule has 0 aliphatic carbocycles. The Morgan fingerprint density at radius 1 is 1.12 bits per heavy atom. The number of aromatic nitrogens is 2. The maximum Gasteiger partial charge on any atom is 0.362 e. The molecule has 0 amide bonds. The standard InChI is InChI=1S/C24H17F2N3O5/c1-2-32-23(31)18-17(13-5-9-15(26)10-6-13)19-21(34-24(27)28-19)29-16(22(30)33-20(18)29)11-12-3-7-14(25)8-4-12/h3-11,17H,2H2,1H3,(H2,27,28)/b16-11+/t17-/m1/s1. The first-order valence-corrected chi connectivity index (χ1v) is 10.3. The summed E-state index contributed by atoms with van der Waals surface area (Å²) >= 11 is 0. The first kappa shape index (κ1) is 21.4. The Kier molecular flexibility index (Phi) is 5.12. The molecular formula is C24H17F2N3O5. The molecule has 0 spiro atoms. The maximum atomic E-state index is 13.6. The summed E-state index contributed by atoms with van der Waals surface area (Å²) in [5.74, 6) is -2.50. The largest absolute Gasteiger partial charge is 0.462 e.